The van der Waals surface area contributed by atoms with Crippen LogP contribution in [0.4, 0.5) is 5.69 Å². The Labute approximate surface area is 105 Å². The van der Waals surface area contributed by atoms with E-state index in [1.54, 1.807) is 24.3 Å². The van der Waals surface area contributed by atoms with Crippen LogP contribution in [0.1, 0.15) is 23.2 Å². The van der Waals surface area contributed by atoms with E-state index in [0.717, 1.165) is 12.1 Å². The fourth-order valence-corrected chi connectivity index (χ4v) is 1.87. The smallest absolute Gasteiger partial charge is 0.251 e. The molecule has 1 aliphatic heterocycles. The van der Waals surface area contributed by atoms with Crippen molar-refractivity contribution >= 4 is 17.5 Å². The minimum Gasteiger partial charge on any atom is -0.352 e. The lowest BCUT2D eigenvalue weighted by Crippen LogP contribution is -2.38. The number of nitrogens with one attached hydrogen (secondary N) is 3. The van der Waals surface area contributed by atoms with Gasteiger partial charge in [-0.2, -0.15) is 0 Å². The van der Waals surface area contributed by atoms with Gasteiger partial charge < -0.3 is 16.1 Å². The SMILES string of the molecule is NNc1ccc(C(=O)NCC2CCC(=O)N2)cc1. The third kappa shape index (κ3) is 2.98. The number of hydrogen-bond acceptors (Lipinski definition) is 4. The maximum Gasteiger partial charge on any atom is 0.251 e. The Bertz CT molecular complexity index is 444. The molecule has 0 spiro atoms. The summed E-state index contributed by atoms with van der Waals surface area (Å²) in [6, 6.07) is 6.89. The van der Waals surface area contributed by atoms with Gasteiger partial charge in [-0.15, -0.1) is 0 Å². The third-order valence-electron chi connectivity index (χ3n) is 2.91. The van der Waals surface area contributed by atoms with E-state index in [4.69, 9.17) is 5.84 Å². The van der Waals surface area contributed by atoms with Crippen LogP contribution in [0.3, 0.4) is 0 Å². The Balaban J connectivity index is 1.85. The normalized spacial score (nSPS) is 18.3. The van der Waals surface area contributed by atoms with E-state index in [-0.39, 0.29) is 17.9 Å². The van der Waals surface area contributed by atoms with Crippen molar-refractivity contribution in [3.8, 4) is 0 Å². The molecular weight excluding hydrogens is 232 g/mol. The number of carbonyl (C=O) groups is 2. The molecule has 5 N–H and O–H groups in total. The molecule has 6 nitrogen and oxygen atoms in total. The number of benzene rings is 1. The second-order valence-electron chi connectivity index (χ2n) is 4.23. The van der Waals surface area contributed by atoms with Gasteiger partial charge in [0.25, 0.3) is 5.91 Å². The predicted octanol–water partition coefficient (Wildman–Crippen LogP) is -0.0194. The number of rotatable bonds is 4. The zero-order valence-corrected chi connectivity index (χ0v) is 9.90. The molecule has 1 heterocycles. The van der Waals surface area contributed by atoms with E-state index in [0.29, 0.717) is 18.5 Å². The summed E-state index contributed by atoms with van der Waals surface area (Å²) in [5.74, 6) is 5.14. The second-order valence-corrected chi connectivity index (χ2v) is 4.23. The highest BCUT2D eigenvalue weighted by Crippen LogP contribution is 2.09. The number of carbonyl (C=O) groups excluding carboxylic acids is 2. The molecule has 96 valence electrons. The molecule has 1 saturated heterocycles. The molecule has 0 bridgehead atoms. The van der Waals surface area contributed by atoms with Crippen molar-refractivity contribution in [2.75, 3.05) is 12.0 Å². The van der Waals surface area contributed by atoms with Crippen LogP contribution < -0.4 is 21.9 Å². The van der Waals surface area contributed by atoms with E-state index in [2.05, 4.69) is 16.1 Å². The van der Waals surface area contributed by atoms with Gasteiger partial charge in [-0.3, -0.25) is 15.4 Å². The molecule has 18 heavy (non-hydrogen) atoms. The van der Waals surface area contributed by atoms with Crippen LogP contribution in [0, 0.1) is 0 Å². The van der Waals surface area contributed by atoms with E-state index < -0.39 is 0 Å². The number of hydrogen-bond donors (Lipinski definition) is 4. The second kappa shape index (κ2) is 5.50. The minimum absolute atomic E-state index is 0.0476. The molecule has 1 aromatic carbocycles. The average Bonchev–Trinajstić information content (AvgIpc) is 2.82. The summed E-state index contributed by atoms with van der Waals surface area (Å²) >= 11 is 0. The van der Waals surface area contributed by atoms with Crippen LogP contribution in [0.5, 0.6) is 0 Å². The molecule has 0 saturated carbocycles. The van der Waals surface area contributed by atoms with Crippen LogP contribution >= 0.6 is 0 Å². The predicted molar refractivity (Wildman–Crippen MR) is 67.8 cm³/mol. The zero-order valence-electron chi connectivity index (χ0n) is 9.90. The van der Waals surface area contributed by atoms with Crippen LogP contribution in [-0.4, -0.2) is 24.4 Å². The number of nitrogens with two attached hydrogens (primary N) is 1. The molecule has 1 unspecified atom stereocenters. The summed E-state index contributed by atoms with van der Waals surface area (Å²) in [5.41, 5.74) is 3.81. The molecule has 1 aliphatic rings. The molecule has 2 amide bonds. The van der Waals surface area contributed by atoms with Gasteiger partial charge in [0, 0.05) is 30.3 Å². The lowest BCUT2D eigenvalue weighted by atomic mass is 10.2. The van der Waals surface area contributed by atoms with Gasteiger partial charge in [-0.25, -0.2) is 0 Å². The van der Waals surface area contributed by atoms with E-state index in [9.17, 15) is 9.59 Å². The van der Waals surface area contributed by atoms with Crippen molar-refractivity contribution < 1.29 is 9.59 Å². The summed E-state index contributed by atoms with van der Waals surface area (Å²) < 4.78 is 0. The van der Waals surface area contributed by atoms with Crippen molar-refractivity contribution in [2.24, 2.45) is 5.84 Å². The van der Waals surface area contributed by atoms with Crippen molar-refractivity contribution in [3.05, 3.63) is 29.8 Å². The Hall–Kier alpha value is -2.08. The summed E-state index contributed by atoms with van der Waals surface area (Å²) in [7, 11) is 0. The van der Waals surface area contributed by atoms with Gasteiger partial charge in [0.15, 0.2) is 0 Å². The first-order chi connectivity index (χ1) is 8.69. The molecule has 1 aromatic rings. The summed E-state index contributed by atoms with van der Waals surface area (Å²) in [5, 5.41) is 5.59. The zero-order chi connectivity index (χ0) is 13.0. The summed E-state index contributed by atoms with van der Waals surface area (Å²) in [6.45, 7) is 0.460. The standard InChI is InChI=1S/C12H16N4O2/c13-16-9-3-1-8(2-4-9)12(18)14-7-10-5-6-11(17)15-10/h1-4,10,16H,5-7,13H2,(H,14,18)(H,15,17). The van der Waals surface area contributed by atoms with E-state index in [1.807, 2.05) is 0 Å². The highest BCUT2D eigenvalue weighted by Gasteiger charge is 2.20. The fraction of sp³-hybridized carbons (Fsp3) is 0.333. The van der Waals surface area contributed by atoms with Gasteiger partial charge in [-0.05, 0) is 30.7 Å². The minimum atomic E-state index is -0.153. The largest absolute Gasteiger partial charge is 0.352 e. The van der Waals surface area contributed by atoms with Crippen LogP contribution in [0.2, 0.25) is 0 Å². The topological polar surface area (TPSA) is 96.2 Å². The van der Waals surface area contributed by atoms with Crippen LogP contribution in [-0.2, 0) is 4.79 Å². The van der Waals surface area contributed by atoms with Gasteiger partial charge >= 0.3 is 0 Å². The maximum atomic E-state index is 11.8. The lowest BCUT2D eigenvalue weighted by Gasteiger charge is -2.11. The van der Waals surface area contributed by atoms with Crippen molar-refractivity contribution in [1.29, 1.82) is 0 Å². The quantitative estimate of drug-likeness (QED) is 0.445. The number of hydrazine groups is 1. The van der Waals surface area contributed by atoms with Crippen LogP contribution in [0.25, 0.3) is 0 Å². The lowest BCUT2D eigenvalue weighted by molar-refractivity contribution is -0.119. The van der Waals surface area contributed by atoms with Crippen molar-refractivity contribution in [2.45, 2.75) is 18.9 Å². The van der Waals surface area contributed by atoms with E-state index in [1.165, 1.54) is 0 Å². The molecular formula is C12H16N4O2. The van der Waals surface area contributed by atoms with Crippen molar-refractivity contribution in [3.63, 3.8) is 0 Å². The Morgan fingerprint density at radius 1 is 1.39 bits per heavy atom. The van der Waals surface area contributed by atoms with Gasteiger partial charge in [0.1, 0.15) is 0 Å². The molecule has 2 rings (SSSR count). The maximum absolute atomic E-state index is 11.8. The van der Waals surface area contributed by atoms with Gasteiger partial charge in [0.2, 0.25) is 5.91 Å². The Morgan fingerprint density at radius 3 is 2.67 bits per heavy atom. The molecule has 0 aromatic heterocycles. The van der Waals surface area contributed by atoms with Crippen molar-refractivity contribution in [1.82, 2.24) is 10.6 Å². The highest BCUT2D eigenvalue weighted by molar-refractivity contribution is 5.94. The molecule has 1 atom stereocenters. The average molecular weight is 248 g/mol. The molecule has 0 aliphatic carbocycles. The Morgan fingerprint density at radius 2 is 2.11 bits per heavy atom. The van der Waals surface area contributed by atoms with Crippen LogP contribution in [0.15, 0.2) is 24.3 Å². The third-order valence-corrected chi connectivity index (χ3v) is 2.91. The molecule has 0 radical (unpaired) electrons. The van der Waals surface area contributed by atoms with Gasteiger partial charge in [0.05, 0.1) is 0 Å². The highest BCUT2D eigenvalue weighted by atomic mass is 16.2. The Kier molecular flexibility index (Phi) is 3.78. The molecule has 1 fully saturated rings. The number of amides is 2. The monoisotopic (exact) mass is 248 g/mol. The molecule has 6 heteroatoms. The summed E-state index contributed by atoms with van der Waals surface area (Å²) in [6.07, 6.45) is 1.31. The van der Waals surface area contributed by atoms with E-state index >= 15 is 0 Å². The first-order valence-corrected chi connectivity index (χ1v) is 5.83. The van der Waals surface area contributed by atoms with Gasteiger partial charge in [-0.1, -0.05) is 0 Å². The number of nitrogen functional groups attached to an aromatic ring is 1. The summed E-state index contributed by atoms with van der Waals surface area (Å²) in [4.78, 5) is 22.8. The fourth-order valence-electron chi connectivity index (χ4n) is 1.87. The first kappa shape index (κ1) is 12.4. The first-order valence-electron chi connectivity index (χ1n) is 5.83. The number of anilines is 1.